The van der Waals surface area contributed by atoms with Crippen molar-refractivity contribution < 1.29 is 24.2 Å². The maximum atomic E-state index is 11.9. The zero-order valence-electron chi connectivity index (χ0n) is 21.7. The van der Waals surface area contributed by atoms with Gasteiger partial charge in [-0.15, -0.1) is 0 Å². The third-order valence-electron chi connectivity index (χ3n) is 7.18. The molecule has 5 nitrogen and oxygen atoms in total. The Kier molecular flexibility index (Phi) is 10.2. The minimum absolute atomic E-state index is 0.00503. The Bertz CT molecular complexity index is 858. The molecule has 1 aromatic carbocycles. The third kappa shape index (κ3) is 7.59. The second-order valence-corrected chi connectivity index (χ2v) is 15.8. The Labute approximate surface area is 206 Å². The summed E-state index contributed by atoms with van der Waals surface area (Å²) in [6.45, 7) is 17.6. The fourth-order valence-corrected chi connectivity index (χ4v) is 8.39. The molecular formula is C28H42O5Si. The fourth-order valence-electron chi connectivity index (χ4n) is 4.82. The summed E-state index contributed by atoms with van der Waals surface area (Å²) in [7, 11) is -1.23. The van der Waals surface area contributed by atoms with Gasteiger partial charge in [-0.05, 0) is 55.8 Å². The van der Waals surface area contributed by atoms with Crippen LogP contribution < -0.4 is 0 Å². The molecule has 1 N–H and O–H groups in total. The molecule has 1 aliphatic rings. The van der Waals surface area contributed by atoms with Crippen molar-refractivity contribution in [3.05, 3.63) is 53.1 Å². The van der Waals surface area contributed by atoms with E-state index in [0.717, 1.165) is 23.9 Å². The molecular weight excluding hydrogens is 444 g/mol. The van der Waals surface area contributed by atoms with E-state index in [1.165, 1.54) is 31.7 Å². The van der Waals surface area contributed by atoms with Gasteiger partial charge in [-0.1, -0.05) is 64.9 Å². The highest BCUT2D eigenvalue weighted by molar-refractivity contribution is 6.78. The van der Waals surface area contributed by atoms with Gasteiger partial charge in [0.2, 0.25) is 0 Å². The first-order valence-electron chi connectivity index (χ1n) is 12.5. The Morgan fingerprint density at radius 1 is 0.971 bits per heavy atom. The van der Waals surface area contributed by atoms with Crippen molar-refractivity contribution in [2.45, 2.75) is 103 Å². The van der Waals surface area contributed by atoms with Crippen molar-refractivity contribution in [3.8, 4) is 5.75 Å². The molecule has 1 saturated carbocycles. The quantitative estimate of drug-likeness (QED) is 0.204. The largest absolute Gasteiger partial charge is 0.507 e. The first kappa shape index (κ1) is 27.9. The highest BCUT2D eigenvalue weighted by atomic mass is 28.3. The second-order valence-electron chi connectivity index (χ2n) is 10.5. The van der Waals surface area contributed by atoms with Crippen LogP contribution in [0.3, 0.4) is 0 Å². The van der Waals surface area contributed by atoms with Crippen LogP contribution in [0, 0.1) is 0 Å². The van der Waals surface area contributed by atoms with E-state index in [0.29, 0.717) is 28.2 Å². The zero-order valence-corrected chi connectivity index (χ0v) is 22.7. The van der Waals surface area contributed by atoms with E-state index in [9.17, 15) is 14.7 Å². The lowest BCUT2D eigenvalue weighted by molar-refractivity contribution is -0.140. The van der Waals surface area contributed by atoms with Gasteiger partial charge in [0.15, 0.2) is 0 Å². The van der Waals surface area contributed by atoms with Gasteiger partial charge in [0.05, 0.1) is 8.07 Å². The summed E-state index contributed by atoms with van der Waals surface area (Å²) in [4.78, 5) is 23.8. The molecule has 188 valence electrons. The van der Waals surface area contributed by atoms with Crippen molar-refractivity contribution in [2.24, 2.45) is 0 Å². The van der Waals surface area contributed by atoms with E-state index >= 15 is 0 Å². The highest BCUT2D eigenvalue weighted by Crippen LogP contribution is 2.45. The molecule has 0 aliphatic heterocycles. The number of hydrogen-bond donors (Lipinski definition) is 1. The first-order valence-corrected chi connectivity index (χ1v) is 15.7. The van der Waals surface area contributed by atoms with Crippen molar-refractivity contribution in [3.63, 3.8) is 0 Å². The number of aromatic hydroxyl groups is 1. The maximum absolute atomic E-state index is 11.9. The Balaban J connectivity index is 2.23. The van der Waals surface area contributed by atoms with Gasteiger partial charge in [-0.3, -0.25) is 0 Å². The molecule has 6 heteroatoms. The van der Waals surface area contributed by atoms with Crippen LogP contribution in [0.5, 0.6) is 5.75 Å². The number of hydrogen-bond acceptors (Lipinski definition) is 5. The number of carbonyl (C=O) groups is 2. The molecule has 34 heavy (non-hydrogen) atoms. The maximum Gasteiger partial charge on any atom is 0.333 e. The van der Waals surface area contributed by atoms with E-state index in [2.05, 4.69) is 33.2 Å². The molecule has 0 aromatic heterocycles. The predicted molar refractivity (Wildman–Crippen MR) is 139 cm³/mol. The predicted octanol–water partition coefficient (Wildman–Crippen LogP) is 7.17. The van der Waals surface area contributed by atoms with Crippen LogP contribution in [0.2, 0.25) is 24.7 Å². The summed E-state index contributed by atoms with van der Waals surface area (Å²) < 4.78 is 10.6. The van der Waals surface area contributed by atoms with E-state index in [4.69, 9.17) is 9.47 Å². The number of esters is 2. The monoisotopic (exact) mass is 486 g/mol. The van der Waals surface area contributed by atoms with Gasteiger partial charge in [0, 0.05) is 22.3 Å². The van der Waals surface area contributed by atoms with Crippen LogP contribution in [0.1, 0.15) is 81.9 Å². The standard InChI is InChI=1S/C28H42O5Si/c1-8-9-14-34(6,7)25-12-10-21(11-13-25)22-15-23(17-32-27(30)19(2)3)26(29)24(16-22)18-33-28(31)20(4)5/h15-16,21,25,29H,2,4,8-14,17-18H2,1,3,5-7H3. The highest BCUT2D eigenvalue weighted by Gasteiger charge is 2.34. The Hall–Kier alpha value is -2.34. The molecule has 0 spiro atoms. The molecule has 1 aliphatic carbocycles. The van der Waals surface area contributed by atoms with Crippen LogP contribution >= 0.6 is 0 Å². The van der Waals surface area contributed by atoms with Crippen molar-refractivity contribution in [1.82, 2.24) is 0 Å². The molecule has 0 unspecified atom stereocenters. The van der Waals surface area contributed by atoms with E-state index in [1.807, 2.05) is 12.1 Å². The SMILES string of the molecule is C=C(C)C(=O)OCc1cc(C2CCC([Si](C)(C)CCCC)CC2)cc(COC(=O)C(=C)C)c1O. The number of carbonyl (C=O) groups excluding carboxylic acids is 2. The normalized spacial score (nSPS) is 18.3. The number of phenols is 1. The summed E-state index contributed by atoms with van der Waals surface area (Å²) in [5.74, 6) is -0.631. The lowest BCUT2D eigenvalue weighted by atomic mass is 9.82. The van der Waals surface area contributed by atoms with E-state index in [-0.39, 0.29) is 19.0 Å². The van der Waals surface area contributed by atoms with Crippen LogP contribution in [0.4, 0.5) is 0 Å². The second kappa shape index (κ2) is 12.4. The number of benzene rings is 1. The van der Waals surface area contributed by atoms with Crippen molar-refractivity contribution in [1.29, 1.82) is 0 Å². The zero-order chi connectivity index (χ0) is 25.5. The van der Waals surface area contributed by atoms with E-state index in [1.54, 1.807) is 13.8 Å². The third-order valence-corrected chi connectivity index (χ3v) is 11.6. The van der Waals surface area contributed by atoms with Gasteiger partial charge < -0.3 is 14.6 Å². The molecule has 0 amide bonds. The summed E-state index contributed by atoms with van der Waals surface area (Å²) in [5, 5.41) is 10.8. The minimum atomic E-state index is -1.23. The van der Waals surface area contributed by atoms with Gasteiger partial charge in [-0.2, -0.15) is 0 Å². The Morgan fingerprint density at radius 2 is 1.44 bits per heavy atom. The van der Waals surface area contributed by atoms with Crippen LogP contribution in [-0.2, 0) is 32.3 Å². The summed E-state index contributed by atoms with van der Waals surface area (Å²) >= 11 is 0. The molecule has 1 aromatic rings. The van der Waals surface area contributed by atoms with Crippen molar-refractivity contribution >= 4 is 20.0 Å². The Morgan fingerprint density at radius 3 is 1.85 bits per heavy atom. The van der Waals surface area contributed by atoms with Crippen LogP contribution in [0.15, 0.2) is 36.4 Å². The summed E-state index contributed by atoms with van der Waals surface area (Å²) in [5.41, 5.74) is 3.60. The molecule has 0 radical (unpaired) electrons. The topological polar surface area (TPSA) is 72.8 Å². The molecule has 1 fully saturated rings. The first-order chi connectivity index (χ1) is 16.0. The average molecular weight is 487 g/mol. The molecule has 0 heterocycles. The molecule has 0 atom stereocenters. The number of unbranched alkanes of at least 4 members (excludes halogenated alkanes) is 1. The van der Waals surface area contributed by atoms with Crippen LogP contribution in [0.25, 0.3) is 0 Å². The fraction of sp³-hybridized carbons (Fsp3) is 0.571. The van der Waals surface area contributed by atoms with Gasteiger partial charge in [0.25, 0.3) is 0 Å². The van der Waals surface area contributed by atoms with Gasteiger partial charge >= 0.3 is 11.9 Å². The lowest BCUT2D eigenvalue weighted by Gasteiger charge is -2.38. The summed E-state index contributed by atoms with van der Waals surface area (Å²) in [6.07, 6.45) is 7.26. The summed E-state index contributed by atoms with van der Waals surface area (Å²) in [6, 6.07) is 5.28. The molecule has 0 bridgehead atoms. The average Bonchev–Trinajstić information content (AvgIpc) is 2.80. The van der Waals surface area contributed by atoms with Gasteiger partial charge in [-0.25, -0.2) is 9.59 Å². The van der Waals surface area contributed by atoms with Crippen LogP contribution in [-0.4, -0.2) is 25.1 Å². The molecule has 2 rings (SSSR count). The lowest BCUT2D eigenvalue weighted by Crippen LogP contribution is -2.34. The van der Waals surface area contributed by atoms with E-state index < -0.39 is 20.0 Å². The molecule has 0 saturated heterocycles. The number of ether oxygens (including phenoxy) is 2. The number of phenolic OH excluding ortho intramolecular Hbond substituents is 1. The van der Waals surface area contributed by atoms with Crippen molar-refractivity contribution in [2.75, 3.05) is 0 Å². The number of rotatable bonds is 11. The smallest absolute Gasteiger partial charge is 0.333 e. The van der Waals surface area contributed by atoms with Gasteiger partial charge in [0.1, 0.15) is 19.0 Å². The minimum Gasteiger partial charge on any atom is -0.507 e.